The van der Waals surface area contributed by atoms with E-state index in [4.69, 9.17) is 5.73 Å². The molecule has 0 bridgehead atoms. The van der Waals surface area contributed by atoms with Crippen molar-refractivity contribution < 1.29 is 18.3 Å². The number of benzene rings is 1. The van der Waals surface area contributed by atoms with E-state index in [9.17, 15) is 13.6 Å². The van der Waals surface area contributed by atoms with Gasteiger partial charge in [-0.25, -0.2) is 4.98 Å². The molecule has 1 saturated carbocycles. The third kappa shape index (κ3) is 6.77. The highest BCUT2D eigenvalue weighted by molar-refractivity contribution is 7.98. The minimum absolute atomic E-state index is 0.0565. The molecular formula is C23H28F2N2O2S. The maximum absolute atomic E-state index is 13.1. The van der Waals surface area contributed by atoms with E-state index in [2.05, 4.69) is 9.72 Å². The molecule has 2 unspecified atom stereocenters. The van der Waals surface area contributed by atoms with Gasteiger partial charge < -0.3 is 10.5 Å². The minimum atomic E-state index is -3.23. The normalized spacial score (nSPS) is 22.4. The molecule has 0 saturated heterocycles. The number of carbonyl (C=O) groups excluding carboxylic acids is 1. The highest BCUT2D eigenvalue weighted by Gasteiger charge is 2.31. The number of carbonyl (C=O) groups is 1. The first-order valence-corrected chi connectivity index (χ1v) is 11.2. The molecule has 2 N–H and O–H groups in total. The summed E-state index contributed by atoms with van der Waals surface area (Å²) in [6.07, 6.45) is 1.30. The van der Waals surface area contributed by atoms with Crippen LogP contribution < -0.4 is 10.5 Å². The molecular weight excluding hydrogens is 406 g/mol. The van der Waals surface area contributed by atoms with Crippen molar-refractivity contribution in [2.45, 2.75) is 68.2 Å². The van der Waals surface area contributed by atoms with Crippen LogP contribution in [-0.2, 0) is 5.75 Å². The van der Waals surface area contributed by atoms with Crippen LogP contribution in [0.15, 0.2) is 47.4 Å². The van der Waals surface area contributed by atoms with Gasteiger partial charge in [0.05, 0.1) is 5.69 Å². The van der Waals surface area contributed by atoms with Crippen molar-refractivity contribution in [2.24, 2.45) is 11.7 Å². The number of pyridine rings is 1. The number of hydrogen-bond donors (Lipinski definition) is 1. The van der Waals surface area contributed by atoms with Crippen LogP contribution >= 0.6 is 11.8 Å². The number of rotatable bonds is 7. The number of nitrogens with zero attached hydrogens (tertiary/aromatic N) is 1. The Morgan fingerprint density at radius 3 is 2.83 bits per heavy atom. The molecule has 1 fully saturated rings. The maximum atomic E-state index is 13.1. The molecule has 7 heteroatoms. The lowest BCUT2D eigenvalue weighted by molar-refractivity contribution is -0.159. The molecule has 0 amide bonds. The molecule has 1 heterocycles. The van der Waals surface area contributed by atoms with E-state index in [0.717, 1.165) is 36.3 Å². The molecule has 0 radical (unpaired) electrons. The third-order valence-corrected chi connectivity index (χ3v) is 6.21. The summed E-state index contributed by atoms with van der Waals surface area (Å²) < 4.78 is 30.7. The lowest BCUT2D eigenvalue weighted by Gasteiger charge is -2.25. The Balaban J connectivity index is 1.66. The van der Waals surface area contributed by atoms with Crippen molar-refractivity contribution in [1.82, 2.24) is 4.98 Å². The van der Waals surface area contributed by atoms with Gasteiger partial charge in [0.15, 0.2) is 5.78 Å². The van der Waals surface area contributed by atoms with Crippen molar-refractivity contribution in [3.63, 3.8) is 0 Å². The highest BCUT2D eigenvalue weighted by Crippen LogP contribution is 2.32. The van der Waals surface area contributed by atoms with Crippen LogP contribution in [0.2, 0.25) is 0 Å². The van der Waals surface area contributed by atoms with Crippen LogP contribution in [0.1, 0.15) is 62.1 Å². The van der Waals surface area contributed by atoms with Crippen molar-refractivity contribution >= 4 is 17.5 Å². The molecule has 1 aromatic heterocycles. The Kier molecular flexibility index (Phi) is 7.14. The molecule has 2 atom stereocenters. The van der Waals surface area contributed by atoms with Crippen molar-refractivity contribution in [1.29, 1.82) is 0 Å². The van der Waals surface area contributed by atoms with Gasteiger partial charge in [-0.2, -0.15) is 8.78 Å². The smallest absolute Gasteiger partial charge is 0.394 e. The molecule has 0 aliphatic heterocycles. The van der Waals surface area contributed by atoms with Gasteiger partial charge >= 0.3 is 6.11 Å². The number of nitrogens with two attached hydrogens (primary N) is 1. The predicted molar refractivity (Wildman–Crippen MR) is 115 cm³/mol. The summed E-state index contributed by atoms with van der Waals surface area (Å²) in [4.78, 5) is 18.4. The van der Waals surface area contributed by atoms with Crippen molar-refractivity contribution in [2.75, 3.05) is 0 Å². The quantitative estimate of drug-likeness (QED) is 0.337. The number of ketones is 1. The second kappa shape index (κ2) is 9.43. The monoisotopic (exact) mass is 434 g/mol. The second-order valence-corrected chi connectivity index (χ2v) is 9.40. The Labute approximate surface area is 180 Å². The van der Waals surface area contributed by atoms with Crippen LogP contribution in [-0.4, -0.2) is 22.4 Å². The van der Waals surface area contributed by atoms with Crippen LogP contribution in [0.25, 0.3) is 0 Å². The zero-order chi connectivity index (χ0) is 21.8. The number of Topliss-reactive ketones (excluding diaryl/α,β-unsaturated/α-hetero) is 1. The van der Waals surface area contributed by atoms with Gasteiger partial charge in [-0.05, 0) is 56.5 Å². The summed E-state index contributed by atoms with van der Waals surface area (Å²) >= 11 is 1.45. The van der Waals surface area contributed by atoms with Gasteiger partial charge in [-0.1, -0.05) is 25.0 Å². The average Bonchev–Trinajstić information content (AvgIpc) is 2.85. The van der Waals surface area contributed by atoms with Gasteiger partial charge in [0.2, 0.25) is 0 Å². The number of aromatic nitrogens is 1. The Hall–Kier alpha value is -1.99. The fraction of sp³-hybridized carbons (Fsp3) is 0.478. The lowest BCUT2D eigenvalue weighted by Crippen LogP contribution is -2.38. The van der Waals surface area contributed by atoms with E-state index in [0.29, 0.717) is 24.8 Å². The molecule has 1 aromatic carbocycles. The molecule has 1 aliphatic rings. The highest BCUT2D eigenvalue weighted by atomic mass is 32.2. The zero-order valence-electron chi connectivity index (χ0n) is 17.4. The molecule has 2 aromatic rings. The average molecular weight is 435 g/mol. The number of ether oxygens (including phenoxy) is 1. The maximum Gasteiger partial charge on any atom is 0.394 e. The summed E-state index contributed by atoms with van der Waals surface area (Å²) in [5.74, 6) is 0.595. The van der Waals surface area contributed by atoms with E-state index in [1.807, 2.05) is 25.1 Å². The Morgan fingerprint density at radius 1 is 1.30 bits per heavy atom. The summed E-state index contributed by atoms with van der Waals surface area (Å²) in [6.45, 7) is 2.73. The summed E-state index contributed by atoms with van der Waals surface area (Å²) in [5.41, 5.74) is 7.27. The fourth-order valence-corrected chi connectivity index (χ4v) is 4.66. The van der Waals surface area contributed by atoms with Gasteiger partial charge in [-0.3, -0.25) is 4.79 Å². The largest absolute Gasteiger partial charge is 0.433 e. The van der Waals surface area contributed by atoms with Crippen LogP contribution in [0.5, 0.6) is 5.75 Å². The summed E-state index contributed by atoms with van der Waals surface area (Å²) in [6, 6.07) is 12.0. The van der Waals surface area contributed by atoms with Gasteiger partial charge in [0.25, 0.3) is 0 Å². The third-order valence-electron chi connectivity index (χ3n) is 5.18. The standard InChI is InChI=1S/C23H28F2N2O2S/c1-22(26)12-4-3-7-16(14-22)21(28)20-11-5-8-17(27-20)15-30-19-10-6-9-18(13-19)29-23(2,24)25/h5-6,8-11,13,16H,3-4,7,12,14-15,26H2,1-2H3. The molecule has 3 rings (SSSR count). The van der Waals surface area contributed by atoms with Crippen LogP contribution in [0, 0.1) is 5.92 Å². The lowest BCUT2D eigenvalue weighted by atomic mass is 9.85. The predicted octanol–water partition coefficient (Wildman–Crippen LogP) is 5.85. The van der Waals surface area contributed by atoms with E-state index in [1.54, 1.807) is 18.2 Å². The van der Waals surface area contributed by atoms with Crippen LogP contribution in [0.3, 0.4) is 0 Å². The fourth-order valence-electron chi connectivity index (χ4n) is 3.81. The molecule has 1 aliphatic carbocycles. The van der Waals surface area contributed by atoms with Gasteiger partial charge in [0.1, 0.15) is 11.4 Å². The topological polar surface area (TPSA) is 65.2 Å². The van der Waals surface area contributed by atoms with E-state index < -0.39 is 6.11 Å². The number of alkyl halides is 2. The number of thioether (sulfide) groups is 1. The minimum Gasteiger partial charge on any atom is -0.433 e. The van der Waals surface area contributed by atoms with Crippen molar-refractivity contribution in [3.05, 3.63) is 53.9 Å². The SMILES string of the molecule is CC1(N)CCCCC(C(=O)c2cccc(CSc3cccc(OC(C)(F)F)c3)n2)C1. The number of hydrogen-bond acceptors (Lipinski definition) is 5. The van der Waals surface area contributed by atoms with Crippen LogP contribution in [0.4, 0.5) is 8.78 Å². The van der Waals surface area contributed by atoms with Gasteiger partial charge in [-0.15, -0.1) is 11.8 Å². The van der Waals surface area contributed by atoms with E-state index in [1.165, 1.54) is 17.8 Å². The molecule has 162 valence electrons. The first-order chi connectivity index (χ1) is 14.1. The molecule has 0 spiro atoms. The first-order valence-electron chi connectivity index (χ1n) is 10.2. The Morgan fingerprint density at radius 2 is 2.07 bits per heavy atom. The van der Waals surface area contributed by atoms with Gasteiger partial charge in [0, 0.05) is 29.0 Å². The number of halogens is 2. The second-order valence-electron chi connectivity index (χ2n) is 8.35. The van der Waals surface area contributed by atoms with E-state index >= 15 is 0 Å². The Bertz CT molecular complexity index is 884. The van der Waals surface area contributed by atoms with Crippen molar-refractivity contribution in [3.8, 4) is 5.75 Å². The first kappa shape index (κ1) is 22.7. The molecule has 4 nitrogen and oxygen atoms in total. The van der Waals surface area contributed by atoms with E-state index in [-0.39, 0.29) is 23.0 Å². The summed E-state index contributed by atoms with van der Waals surface area (Å²) in [5, 5.41) is 0. The zero-order valence-corrected chi connectivity index (χ0v) is 18.2. The molecule has 30 heavy (non-hydrogen) atoms. The summed E-state index contributed by atoms with van der Waals surface area (Å²) in [7, 11) is 0.